The number of tetrazole rings is 1. The highest BCUT2D eigenvalue weighted by Gasteiger charge is 2.47. The predicted molar refractivity (Wildman–Crippen MR) is 154 cm³/mol. The maximum Gasteiger partial charge on any atom is 0.227 e. The number of anilines is 2. The van der Waals surface area contributed by atoms with Crippen molar-refractivity contribution in [1.29, 1.82) is 0 Å². The summed E-state index contributed by atoms with van der Waals surface area (Å²) >= 11 is 0. The molecule has 0 bridgehead atoms. The Labute approximate surface area is 247 Å². The molecule has 0 unspecified atom stereocenters. The second kappa shape index (κ2) is 13.2. The SMILES string of the molecule is CCn1nnc([C@H]2O[C@@H](n3cnc4c(NCCN5CCOCC5)nc(N[C@H](CO)Cc5ccccc5)nc43)[C@H](O)[C@@H]2O)n1. The minimum absolute atomic E-state index is 0.140. The van der Waals surface area contributed by atoms with Crippen LogP contribution < -0.4 is 10.6 Å². The van der Waals surface area contributed by atoms with Crippen LogP contribution in [0.2, 0.25) is 0 Å². The van der Waals surface area contributed by atoms with Gasteiger partial charge in [0, 0.05) is 26.2 Å². The van der Waals surface area contributed by atoms with Crippen LogP contribution in [-0.4, -0.2) is 124 Å². The largest absolute Gasteiger partial charge is 0.394 e. The van der Waals surface area contributed by atoms with Gasteiger partial charge in [0.05, 0.1) is 38.7 Å². The van der Waals surface area contributed by atoms with Gasteiger partial charge in [-0.3, -0.25) is 9.47 Å². The summed E-state index contributed by atoms with van der Waals surface area (Å²) in [5.41, 5.74) is 1.91. The van der Waals surface area contributed by atoms with Crippen molar-refractivity contribution >= 4 is 22.9 Å². The quantitative estimate of drug-likeness (QED) is 0.142. The summed E-state index contributed by atoms with van der Waals surface area (Å²) in [5.74, 6) is 0.942. The first-order valence-electron chi connectivity index (χ1n) is 14.5. The average Bonchev–Trinajstić information content (AvgIpc) is 3.76. The summed E-state index contributed by atoms with van der Waals surface area (Å²) in [6.07, 6.45) is -2.58. The number of aryl methyl sites for hydroxylation is 1. The van der Waals surface area contributed by atoms with Crippen LogP contribution in [-0.2, 0) is 22.4 Å². The van der Waals surface area contributed by atoms with Gasteiger partial charge in [0.2, 0.25) is 11.8 Å². The Bertz CT molecular complexity index is 1480. The van der Waals surface area contributed by atoms with Crippen LogP contribution >= 0.6 is 0 Å². The molecule has 3 aromatic heterocycles. The average molecular weight is 596 g/mol. The van der Waals surface area contributed by atoms with Crippen molar-refractivity contribution in [2.24, 2.45) is 0 Å². The molecule has 1 aromatic carbocycles. The zero-order valence-electron chi connectivity index (χ0n) is 23.9. The molecular formula is C27H37N11O5. The van der Waals surface area contributed by atoms with Crippen LogP contribution in [0.15, 0.2) is 36.7 Å². The van der Waals surface area contributed by atoms with Crippen molar-refractivity contribution < 1.29 is 24.8 Å². The Morgan fingerprint density at radius 3 is 2.65 bits per heavy atom. The lowest BCUT2D eigenvalue weighted by atomic mass is 10.1. The van der Waals surface area contributed by atoms with Gasteiger partial charge < -0.3 is 35.4 Å². The molecule has 2 aliphatic rings. The first-order chi connectivity index (χ1) is 21.0. The van der Waals surface area contributed by atoms with Crippen LogP contribution in [0.5, 0.6) is 0 Å². The molecule has 2 fully saturated rings. The summed E-state index contributed by atoms with van der Waals surface area (Å²) in [7, 11) is 0. The Morgan fingerprint density at radius 1 is 1.09 bits per heavy atom. The molecule has 16 heteroatoms. The fraction of sp³-hybridized carbons (Fsp3) is 0.556. The summed E-state index contributed by atoms with van der Waals surface area (Å²) in [4.78, 5) is 17.7. The van der Waals surface area contributed by atoms with E-state index >= 15 is 0 Å². The fourth-order valence-corrected chi connectivity index (χ4v) is 5.30. The molecule has 43 heavy (non-hydrogen) atoms. The molecule has 2 saturated heterocycles. The normalized spacial score (nSPS) is 23.5. The molecule has 16 nitrogen and oxygen atoms in total. The van der Waals surface area contributed by atoms with Crippen molar-refractivity contribution in [3.63, 3.8) is 0 Å². The van der Waals surface area contributed by atoms with Crippen molar-refractivity contribution in [3.05, 3.63) is 48.0 Å². The highest BCUT2D eigenvalue weighted by Crippen LogP contribution is 2.39. The minimum atomic E-state index is -1.32. The summed E-state index contributed by atoms with van der Waals surface area (Å²) < 4.78 is 13.1. The molecule has 0 radical (unpaired) electrons. The number of aliphatic hydroxyl groups excluding tert-OH is 3. The molecule has 0 amide bonds. The lowest BCUT2D eigenvalue weighted by Crippen LogP contribution is -2.39. The van der Waals surface area contributed by atoms with E-state index in [4.69, 9.17) is 19.4 Å². The zero-order chi connectivity index (χ0) is 29.8. The molecule has 0 saturated carbocycles. The summed E-state index contributed by atoms with van der Waals surface area (Å²) in [6.45, 7) is 6.76. The second-order valence-electron chi connectivity index (χ2n) is 10.6. The Kier molecular flexibility index (Phi) is 9.01. The van der Waals surface area contributed by atoms with E-state index in [9.17, 15) is 15.3 Å². The van der Waals surface area contributed by atoms with E-state index in [-0.39, 0.29) is 24.4 Å². The highest BCUT2D eigenvalue weighted by molar-refractivity contribution is 5.84. The number of nitrogens with zero attached hydrogens (tertiary/aromatic N) is 9. The highest BCUT2D eigenvalue weighted by atomic mass is 16.6. The third kappa shape index (κ3) is 6.43. The number of aromatic nitrogens is 8. The second-order valence-corrected chi connectivity index (χ2v) is 10.6. The molecule has 2 aliphatic heterocycles. The van der Waals surface area contributed by atoms with E-state index in [0.717, 1.165) is 25.2 Å². The number of aliphatic hydroxyl groups is 3. The lowest BCUT2D eigenvalue weighted by Gasteiger charge is -2.26. The number of fused-ring (bicyclic) bond motifs is 1. The molecule has 230 valence electrons. The first-order valence-corrected chi connectivity index (χ1v) is 14.5. The van der Waals surface area contributed by atoms with Crippen LogP contribution in [0.1, 0.15) is 30.6 Å². The lowest BCUT2D eigenvalue weighted by molar-refractivity contribution is -0.0384. The smallest absolute Gasteiger partial charge is 0.227 e. The van der Waals surface area contributed by atoms with Gasteiger partial charge in [0.15, 0.2) is 29.3 Å². The van der Waals surface area contributed by atoms with E-state index in [1.807, 2.05) is 37.3 Å². The van der Waals surface area contributed by atoms with Crippen molar-refractivity contribution in [2.75, 3.05) is 56.6 Å². The number of hydrogen-bond acceptors (Lipinski definition) is 14. The topological polar surface area (TPSA) is 194 Å². The van der Waals surface area contributed by atoms with Gasteiger partial charge in [-0.25, -0.2) is 4.98 Å². The van der Waals surface area contributed by atoms with E-state index in [1.54, 1.807) is 4.57 Å². The molecule has 5 heterocycles. The molecule has 0 spiro atoms. The Hall–Kier alpha value is -3.80. The number of benzene rings is 1. The maximum absolute atomic E-state index is 11.0. The third-order valence-corrected chi connectivity index (χ3v) is 7.64. The zero-order valence-corrected chi connectivity index (χ0v) is 23.9. The van der Waals surface area contributed by atoms with Crippen LogP contribution in [0.25, 0.3) is 11.2 Å². The monoisotopic (exact) mass is 595 g/mol. The van der Waals surface area contributed by atoms with Crippen molar-refractivity contribution in [2.45, 2.75) is 50.5 Å². The Balaban J connectivity index is 1.28. The van der Waals surface area contributed by atoms with Crippen LogP contribution in [0.4, 0.5) is 11.8 Å². The van der Waals surface area contributed by atoms with Gasteiger partial charge in [-0.2, -0.15) is 14.8 Å². The van der Waals surface area contributed by atoms with Crippen molar-refractivity contribution in [1.82, 2.24) is 44.6 Å². The molecule has 5 atom stereocenters. The molecular weight excluding hydrogens is 558 g/mol. The van der Waals surface area contributed by atoms with Gasteiger partial charge >= 0.3 is 0 Å². The van der Waals surface area contributed by atoms with Gasteiger partial charge in [-0.1, -0.05) is 30.3 Å². The molecule has 0 aliphatic carbocycles. The van der Waals surface area contributed by atoms with Crippen LogP contribution in [0.3, 0.4) is 0 Å². The third-order valence-electron chi connectivity index (χ3n) is 7.64. The first kappa shape index (κ1) is 29.3. The standard InChI is InChI=1S/C27H37N11O5/c1-2-38-34-24(33-35-38)22-20(40)21(41)26(43-22)37-16-29-19-23(28-8-9-36-10-12-42-13-11-36)31-27(32-25(19)37)30-18(15-39)14-17-6-4-3-5-7-17/h3-7,16,18,20-22,26,39-41H,2,8-15H2,1H3,(H2,28,30,31,32)/t18-,20-,21+,22-,26+/m0/s1. The van der Waals surface area contributed by atoms with Crippen molar-refractivity contribution in [3.8, 4) is 0 Å². The van der Waals surface area contributed by atoms with E-state index in [2.05, 4.69) is 35.9 Å². The summed E-state index contributed by atoms with van der Waals surface area (Å²) in [5, 5.41) is 50.9. The van der Waals surface area contributed by atoms with Gasteiger partial charge in [0.25, 0.3) is 0 Å². The van der Waals surface area contributed by atoms with Gasteiger partial charge in [0.1, 0.15) is 12.2 Å². The van der Waals surface area contributed by atoms with E-state index in [0.29, 0.717) is 49.7 Å². The molecule has 5 N–H and O–H groups in total. The van der Waals surface area contributed by atoms with E-state index in [1.165, 1.54) is 11.1 Å². The molecule has 4 aromatic rings. The van der Waals surface area contributed by atoms with Crippen LogP contribution in [0, 0.1) is 0 Å². The number of imidazole rings is 1. The number of morpholine rings is 1. The van der Waals surface area contributed by atoms with Gasteiger partial charge in [-0.15, -0.1) is 10.2 Å². The summed E-state index contributed by atoms with van der Waals surface area (Å²) in [6, 6.07) is 9.49. The number of ether oxygens (including phenoxy) is 2. The number of rotatable bonds is 12. The number of hydrogen-bond donors (Lipinski definition) is 5. The maximum atomic E-state index is 11.0. The molecule has 6 rings (SSSR count). The van der Waals surface area contributed by atoms with E-state index < -0.39 is 24.5 Å². The van der Waals surface area contributed by atoms with Gasteiger partial charge in [-0.05, 0) is 24.1 Å². The predicted octanol–water partition coefficient (Wildman–Crippen LogP) is -0.416. The Morgan fingerprint density at radius 2 is 1.91 bits per heavy atom. The minimum Gasteiger partial charge on any atom is -0.394 e. The fourth-order valence-electron chi connectivity index (χ4n) is 5.30. The number of nitrogens with one attached hydrogen (secondary N) is 2.